The van der Waals surface area contributed by atoms with Gasteiger partial charge in [0, 0.05) is 10.4 Å². The first-order chi connectivity index (χ1) is 14.9. The van der Waals surface area contributed by atoms with Gasteiger partial charge in [-0.2, -0.15) is 0 Å². The maximum Gasteiger partial charge on any atom is 0.262 e. The topological polar surface area (TPSA) is 90.7 Å². The number of aliphatic hydroxyl groups is 1. The van der Waals surface area contributed by atoms with Crippen molar-refractivity contribution in [1.29, 1.82) is 0 Å². The minimum Gasteiger partial charge on any atom is -0.493 e. The van der Waals surface area contributed by atoms with Crippen LogP contribution in [-0.2, 0) is 19.4 Å². The summed E-state index contributed by atoms with van der Waals surface area (Å²) in [5.41, 5.74) is 1.54. The number of aryl methyl sites for hydroxylation is 1. The molecular formula is C23H26N2O5S. The molecule has 2 heterocycles. The summed E-state index contributed by atoms with van der Waals surface area (Å²) in [7, 11) is 1.49. The number of nitrogens with zero attached hydrogens (tertiary/aromatic N) is 2. The van der Waals surface area contributed by atoms with Crippen molar-refractivity contribution in [3.05, 3.63) is 50.9 Å². The van der Waals surface area contributed by atoms with Crippen LogP contribution in [-0.4, -0.2) is 40.3 Å². The second kappa shape index (κ2) is 8.80. The van der Waals surface area contributed by atoms with Crippen LogP contribution in [0.5, 0.6) is 11.5 Å². The van der Waals surface area contributed by atoms with Crippen molar-refractivity contribution >= 4 is 27.3 Å². The molecule has 1 aromatic carbocycles. The number of hydrogen-bond donors (Lipinski definition) is 1. The van der Waals surface area contributed by atoms with Crippen molar-refractivity contribution in [3.8, 4) is 11.5 Å². The van der Waals surface area contributed by atoms with Crippen molar-refractivity contribution in [3.63, 3.8) is 0 Å². The first kappa shape index (κ1) is 21.5. The molecule has 0 spiro atoms. The summed E-state index contributed by atoms with van der Waals surface area (Å²) in [5.74, 6) is 1.40. The zero-order valence-electron chi connectivity index (χ0n) is 17.9. The molecule has 0 saturated carbocycles. The Balaban J connectivity index is 1.49. The van der Waals surface area contributed by atoms with E-state index in [9.17, 15) is 14.7 Å². The third-order valence-electron chi connectivity index (χ3n) is 5.69. The normalized spacial score (nSPS) is 16.7. The van der Waals surface area contributed by atoms with Crippen molar-refractivity contribution in [1.82, 2.24) is 9.55 Å². The molecule has 1 aliphatic rings. The number of ether oxygens (including phenoxy) is 2. The fourth-order valence-electron chi connectivity index (χ4n) is 3.97. The Morgan fingerprint density at radius 2 is 2.19 bits per heavy atom. The van der Waals surface area contributed by atoms with Gasteiger partial charge in [0.2, 0.25) is 0 Å². The summed E-state index contributed by atoms with van der Waals surface area (Å²) in [4.78, 5) is 31.1. The third kappa shape index (κ3) is 4.36. The molecule has 2 atom stereocenters. The van der Waals surface area contributed by atoms with Gasteiger partial charge in [0.15, 0.2) is 17.3 Å². The van der Waals surface area contributed by atoms with E-state index in [0.29, 0.717) is 28.4 Å². The van der Waals surface area contributed by atoms with E-state index >= 15 is 0 Å². The smallest absolute Gasteiger partial charge is 0.262 e. The van der Waals surface area contributed by atoms with Gasteiger partial charge < -0.3 is 14.6 Å². The van der Waals surface area contributed by atoms with Crippen molar-refractivity contribution in [2.75, 3.05) is 13.7 Å². The van der Waals surface area contributed by atoms with E-state index in [-0.39, 0.29) is 24.5 Å². The van der Waals surface area contributed by atoms with Crippen LogP contribution >= 0.6 is 11.3 Å². The molecule has 0 amide bonds. The highest BCUT2D eigenvalue weighted by Crippen LogP contribution is 2.35. The number of benzene rings is 1. The lowest BCUT2D eigenvalue weighted by molar-refractivity contribution is 0.0898. The molecule has 8 heteroatoms. The highest BCUT2D eigenvalue weighted by atomic mass is 32.1. The number of carbonyl (C=O) groups is 1. The summed E-state index contributed by atoms with van der Waals surface area (Å²) in [5, 5.41) is 11.2. The lowest BCUT2D eigenvalue weighted by atomic mass is 9.89. The zero-order chi connectivity index (χ0) is 22.1. The largest absolute Gasteiger partial charge is 0.493 e. The van der Waals surface area contributed by atoms with Gasteiger partial charge in [-0.15, -0.1) is 11.3 Å². The highest BCUT2D eigenvalue weighted by Gasteiger charge is 2.23. The number of aliphatic hydroxyl groups excluding tert-OH is 1. The second-order valence-corrected chi connectivity index (χ2v) is 9.20. The van der Waals surface area contributed by atoms with Gasteiger partial charge in [-0.05, 0) is 55.9 Å². The Labute approximate surface area is 184 Å². The van der Waals surface area contributed by atoms with Gasteiger partial charge in [0.1, 0.15) is 17.5 Å². The Morgan fingerprint density at radius 1 is 1.39 bits per heavy atom. The van der Waals surface area contributed by atoms with Crippen LogP contribution in [0.4, 0.5) is 0 Å². The molecule has 7 nitrogen and oxygen atoms in total. The van der Waals surface area contributed by atoms with Crippen molar-refractivity contribution < 1.29 is 19.4 Å². The van der Waals surface area contributed by atoms with Gasteiger partial charge in [-0.1, -0.05) is 6.92 Å². The van der Waals surface area contributed by atoms with E-state index in [0.717, 1.165) is 29.7 Å². The van der Waals surface area contributed by atoms with Crippen LogP contribution in [0.25, 0.3) is 10.2 Å². The van der Waals surface area contributed by atoms with Crippen molar-refractivity contribution in [2.45, 2.75) is 45.8 Å². The van der Waals surface area contributed by atoms with E-state index in [4.69, 9.17) is 9.47 Å². The van der Waals surface area contributed by atoms with Crippen molar-refractivity contribution in [2.24, 2.45) is 5.92 Å². The van der Waals surface area contributed by atoms with Gasteiger partial charge in [-0.3, -0.25) is 14.2 Å². The van der Waals surface area contributed by atoms with E-state index in [1.807, 2.05) is 0 Å². The fourth-order valence-corrected chi connectivity index (χ4v) is 5.31. The number of aromatic nitrogens is 2. The molecule has 0 radical (unpaired) electrons. The number of thiophene rings is 1. The number of fused-ring (bicyclic) bond motifs is 3. The van der Waals surface area contributed by atoms with Crippen LogP contribution in [0.1, 0.15) is 41.1 Å². The number of carbonyl (C=O) groups excluding carboxylic acids is 1. The van der Waals surface area contributed by atoms with E-state index in [1.165, 1.54) is 29.8 Å². The number of methoxy groups -OCH3 is 1. The summed E-state index contributed by atoms with van der Waals surface area (Å²) < 4.78 is 12.4. The third-order valence-corrected chi connectivity index (χ3v) is 6.85. The predicted octanol–water partition coefficient (Wildman–Crippen LogP) is 3.23. The monoisotopic (exact) mass is 442 g/mol. The lowest BCUT2D eigenvalue weighted by Gasteiger charge is -2.18. The van der Waals surface area contributed by atoms with E-state index < -0.39 is 6.10 Å². The average molecular weight is 443 g/mol. The van der Waals surface area contributed by atoms with Crippen LogP contribution < -0.4 is 15.0 Å². The molecule has 0 fully saturated rings. The molecule has 0 saturated heterocycles. The van der Waals surface area contributed by atoms with Gasteiger partial charge in [0.25, 0.3) is 5.56 Å². The molecule has 0 aliphatic heterocycles. The molecule has 3 aromatic rings. The molecular weight excluding hydrogens is 416 g/mol. The van der Waals surface area contributed by atoms with Gasteiger partial charge in [-0.25, -0.2) is 4.98 Å². The summed E-state index contributed by atoms with van der Waals surface area (Å²) >= 11 is 1.61. The summed E-state index contributed by atoms with van der Waals surface area (Å²) in [6, 6.07) is 4.89. The van der Waals surface area contributed by atoms with Gasteiger partial charge >= 0.3 is 0 Å². The number of ketones is 1. The average Bonchev–Trinajstić information content (AvgIpc) is 3.12. The predicted molar refractivity (Wildman–Crippen MR) is 120 cm³/mol. The minimum atomic E-state index is -0.913. The Kier molecular flexibility index (Phi) is 6.11. The first-order valence-corrected chi connectivity index (χ1v) is 11.2. The molecule has 164 valence electrons. The Bertz CT molecular complexity index is 1180. The Hall–Kier alpha value is -2.71. The minimum absolute atomic E-state index is 0.0283. The molecule has 4 rings (SSSR count). The standard InChI is InChI=1S/C23H26N2O5S/c1-13-4-6-17-20(8-13)31-22-21(17)23(28)25(12-24-22)10-16(27)11-30-18-7-5-15(14(2)26)9-19(18)29-3/h5,7,9,12-13,16,27H,4,6,8,10-11H2,1-3H3/t13-,16+/m0/s1. The van der Waals surface area contributed by atoms with Crippen LogP contribution in [0.15, 0.2) is 29.3 Å². The highest BCUT2D eigenvalue weighted by molar-refractivity contribution is 7.18. The second-order valence-electron chi connectivity index (χ2n) is 8.12. The SMILES string of the molecule is COc1cc(C(C)=O)ccc1OC[C@H](O)Cn1cnc2sc3c(c2c1=O)CC[C@H](C)C3. The molecule has 2 aromatic heterocycles. The number of hydrogen-bond acceptors (Lipinski definition) is 7. The van der Waals surface area contributed by atoms with E-state index in [2.05, 4.69) is 11.9 Å². The summed E-state index contributed by atoms with van der Waals surface area (Å²) in [6.07, 6.45) is 3.56. The quantitative estimate of drug-likeness (QED) is 0.565. The summed E-state index contributed by atoms with van der Waals surface area (Å²) in [6.45, 7) is 3.76. The number of Topliss-reactive ketones (excluding diaryl/α,β-unsaturated/α-hetero) is 1. The maximum atomic E-state index is 13.1. The molecule has 1 aliphatic carbocycles. The van der Waals surface area contributed by atoms with Crippen LogP contribution in [0, 0.1) is 5.92 Å². The molecule has 0 unspecified atom stereocenters. The number of rotatable bonds is 7. The lowest BCUT2D eigenvalue weighted by Crippen LogP contribution is -2.30. The van der Waals surface area contributed by atoms with Gasteiger partial charge in [0.05, 0.1) is 25.4 Å². The fraction of sp³-hybridized carbons (Fsp3) is 0.435. The molecule has 1 N–H and O–H groups in total. The molecule has 0 bridgehead atoms. The molecule has 31 heavy (non-hydrogen) atoms. The van der Waals surface area contributed by atoms with Crippen LogP contribution in [0.2, 0.25) is 0 Å². The Morgan fingerprint density at radius 3 is 2.94 bits per heavy atom. The van der Waals surface area contributed by atoms with Crippen LogP contribution in [0.3, 0.4) is 0 Å². The van der Waals surface area contributed by atoms with E-state index in [1.54, 1.807) is 29.5 Å². The first-order valence-electron chi connectivity index (χ1n) is 10.4. The maximum absolute atomic E-state index is 13.1. The zero-order valence-corrected chi connectivity index (χ0v) is 18.7.